The first-order valence-electron chi connectivity index (χ1n) is 6.97. The predicted octanol–water partition coefficient (Wildman–Crippen LogP) is 3.96. The van der Waals surface area contributed by atoms with Crippen molar-refractivity contribution in [2.45, 2.75) is 0 Å². The summed E-state index contributed by atoms with van der Waals surface area (Å²) >= 11 is 11.7. The number of thiophene rings is 1. The van der Waals surface area contributed by atoms with Gasteiger partial charge in [-0.25, -0.2) is 4.79 Å². The lowest BCUT2D eigenvalue weighted by Crippen LogP contribution is -2.18. The third kappa shape index (κ3) is 4.99. The van der Waals surface area contributed by atoms with Crippen LogP contribution in [0.1, 0.15) is 15.2 Å². The summed E-state index contributed by atoms with van der Waals surface area (Å²) in [5, 5.41) is 8.48. The summed E-state index contributed by atoms with van der Waals surface area (Å²) in [5.74, 6) is -0.0853. The molecule has 0 bridgehead atoms. The maximum absolute atomic E-state index is 12.3. The van der Waals surface area contributed by atoms with Gasteiger partial charge in [0.2, 0.25) is 0 Å². The van der Waals surface area contributed by atoms with Crippen molar-refractivity contribution in [1.29, 1.82) is 5.41 Å². The number of fused-ring (bicyclic) bond motifs is 1. The van der Waals surface area contributed by atoms with Crippen LogP contribution in [0.5, 0.6) is 5.75 Å². The van der Waals surface area contributed by atoms with Gasteiger partial charge in [-0.3, -0.25) is 0 Å². The molecule has 5 N–H and O–H groups in total. The fourth-order valence-corrected chi connectivity index (χ4v) is 3.35. The third-order valence-corrected chi connectivity index (χ3v) is 4.61. The highest BCUT2D eigenvalue weighted by molar-refractivity contribution is 7.80. The highest BCUT2D eigenvalue weighted by atomic mass is 35.5. The molecule has 1 heterocycles. The maximum atomic E-state index is 12.3. The number of hydrogen-bond acceptors (Lipinski definition) is 5. The second-order valence-electron chi connectivity index (χ2n) is 4.75. The Balaban J connectivity index is 0.000000511. The van der Waals surface area contributed by atoms with Crippen molar-refractivity contribution in [2.75, 3.05) is 0 Å². The Morgan fingerprint density at radius 3 is 2.52 bits per heavy atom. The van der Waals surface area contributed by atoms with Crippen LogP contribution < -0.4 is 16.2 Å². The van der Waals surface area contributed by atoms with Crippen molar-refractivity contribution in [3.05, 3.63) is 64.0 Å². The van der Waals surface area contributed by atoms with E-state index < -0.39 is 5.97 Å². The molecule has 0 atom stereocenters. The molecular formula is C17H14ClN3O2S2. The van der Waals surface area contributed by atoms with E-state index in [1.165, 1.54) is 17.6 Å². The molecule has 3 aromatic rings. The van der Waals surface area contributed by atoms with Crippen molar-refractivity contribution in [2.24, 2.45) is 11.5 Å². The van der Waals surface area contributed by atoms with Gasteiger partial charge in [-0.2, -0.15) is 0 Å². The van der Waals surface area contributed by atoms with Crippen molar-refractivity contribution < 1.29 is 9.53 Å². The zero-order chi connectivity index (χ0) is 18.4. The summed E-state index contributed by atoms with van der Waals surface area (Å²) in [6.07, 6.45) is 1.20. The van der Waals surface area contributed by atoms with Crippen LogP contribution in [0.25, 0.3) is 10.1 Å². The summed E-state index contributed by atoms with van der Waals surface area (Å²) in [6.45, 7) is 0. The number of nitrogens with one attached hydrogen (secondary N) is 1. The first-order valence-corrected chi connectivity index (χ1v) is 8.57. The number of halogens is 1. The molecule has 3 rings (SSSR count). The first-order chi connectivity index (χ1) is 11.9. The van der Waals surface area contributed by atoms with E-state index in [-0.39, 0.29) is 5.11 Å². The summed E-state index contributed by atoms with van der Waals surface area (Å²) in [5.41, 5.74) is 9.91. The first kappa shape index (κ1) is 18.9. The van der Waals surface area contributed by atoms with E-state index in [4.69, 9.17) is 21.7 Å². The topological polar surface area (TPSA) is 102 Å². The summed E-state index contributed by atoms with van der Waals surface area (Å²) < 4.78 is 6.28. The third-order valence-electron chi connectivity index (χ3n) is 2.96. The fourth-order valence-electron chi connectivity index (χ4n) is 1.97. The highest BCUT2D eigenvalue weighted by Gasteiger charge is 2.18. The zero-order valence-electron chi connectivity index (χ0n) is 12.9. The molecule has 0 amide bonds. The minimum absolute atomic E-state index is 0.000000000000000222. The van der Waals surface area contributed by atoms with Crippen LogP contribution in [0.2, 0.25) is 5.02 Å². The van der Waals surface area contributed by atoms with Gasteiger partial charge in [-0.05, 0) is 36.0 Å². The summed E-state index contributed by atoms with van der Waals surface area (Å²) in [4.78, 5) is 12.6. The van der Waals surface area contributed by atoms with E-state index in [9.17, 15) is 4.79 Å². The molecule has 0 fully saturated rings. The maximum Gasteiger partial charge on any atom is 0.355 e. The molecule has 5 nitrogen and oxygen atoms in total. The number of esters is 1. The molecule has 0 radical (unpaired) electrons. The van der Waals surface area contributed by atoms with Crippen molar-refractivity contribution in [3.63, 3.8) is 0 Å². The van der Waals surface area contributed by atoms with E-state index in [0.717, 1.165) is 10.1 Å². The standard InChI is InChI=1S/C16H10ClNO2S.CH4N2S/c17-14-12-6-1-2-7-13(12)21-15(14)16(19)20-11-5-3-4-10(8-11)9-18;2-1(3)4/h1-9,18H;(H4,2,3,4). The second-order valence-corrected chi connectivity index (χ2v) is 6.65. The van der Waals surface area contributed by atoms with Crippen LogP contribution in [0.4, 0.5) is 0 Å². The summed E-state index contributed by atoms with van der Waals surface area (Å²) in [6, 6.07) is 14.4. The van der Waals surface area contributed by atoms with Crippen LogP contribution in [0.15, 0.2) is 48.5 Å². The molecule has 128 valence electrons. The Morgan fingerprint density at radius 2 is 1.88 bits per heavy atom. The minimum Gasteiger partial charge on any atom is -0.422 e. The van der Waals surface area contributed by atoms with Crippen molar-refractivity contribution in [3.8, 4) is 5.75 Å². The van der Waals surface area contributed by atoms with Gasteiger partial charge < -0.3 is 21.6 Å². The van der Waals surface area contributed by atoms with Gasteiger partial charge in [-0.15, -0.1) is 11.3 Å². The number of carbonyl (C=O) groups excluding carboxylic acids is 1. The zero-order valence-corrected chi connectivity index (χ0v) is 15.3. The molecule has 1 aromatic heterocycles. The Kier molecular flexibility index (Phi) is 6.46. The smallest absolute Gasteiger partial charge is 0.355 e. The average molecular weight is 392 g/mol. The molecular weight excluding hydrogens is 378 g/mol. The van der Waals surface area contributed by atoms with Gasteiger partial charge in [0, 0.05) is 16.3 Å². The van der Waals surface area contributed by atoms with E-state index in [0.29, 0.717) is 21.2 Å². The molecule has 25 heavy (non-hydrogen) atoms. The second kappa shape index (κ2) is 8.57. The number of carbonyl (C=O) groups is 1. The monoisotopic (exact) mass is 391 g/mol. The van der Waals surface area contributed by atoms with E-state index in [1.54, 1.807) is 24.3 Å². The number of benzene rings is 2. The van der Waals surface area contributed by atoms with E-state index in [1.807, 2.05) is 24.3 Å². The van der Waals surface area contributed by atoms with Crippen LogP contribution in [0, 0.1) is 5.41 Å². The lowest BCUT2D eigenvalue weighted by atomic mass is 10.2. The van der Waals surface area contributed by atoms with Crippen LogP contribution in [-0.4, -0.2) is 17.3 Å². The molecule has 0 aliphatic heterocycles. The molecule has 2 aromatic carbocycles. The van der Waals surface area contributed by atoms with E-state index in [2.05, 4.69) is 23.7 Å². The molecule has 0 aliphatic carbocycles. The summed E-state index contributed by atoms with van der Waals surface area (Å²) in [7, 11) is 0. The largest absolute Gasteiger partial charge is 0.422 e. The lowest BCUT2D eigenvalue weighted by Gasteiger charge is -2.03. The number of thiocarbonyl (C=S) groups is 1. The number of hydrogen-bond donors (Lipinski definition) is 3. The normalized spacial score (nSPS) is 9.80. The van der Waals surface area contributed by atoms with Gasteiger partial charge in [0.1, 0.15) is 10.6 Å². The van der Waals surface area contributed by atoms with Gasteiger partial charge in [0.05, 0.1) is 5.02 Å². The SMILES string of the molecule is N=Cc1cccc(OC(=O)c2sc3ccccc3c2Cl)c1.NC(N)=S. The lowest BCUT2D eigenvalue weighted by molar-refractivity contribution is 0.0740. The fraction of sp³-hybridized carbons (Fsp3) is 0. The Morgan fingerprint density at radius 1 is 1.20 bits per heavy atom. The number of rotatable bonds is 3. The van der Waals surface area contributed by atoms with Gasteiger partial charge in [0.15, 0.2) is 5.11 Å². The predicted molar refractivity (Wildman–Crippen MR) is 107 cm³/mol. The molecule has 8 heteroatoms. The van der Waals surface area contributed by atoms with E-state index >= 15 is 0 Å². The Hall–Kier alpha value is -2.48. The number of ether oxygens (including phenoxy) is 1. The minimum atomic E-state index is -0.483. The van der Waals surface area contributed by atoms with Gasteiger partial charge in [-0.1, -0.05) is 41.9 Å². The average Bonchev–Trinajstić information content (AvgIpc) is 2.92. The Labute approximate surface area is 158 Å². The van der Waals surface area contributed by atoms with Crippen molar-refractivity contribution in [1.82, 2.24) is 0 Å². The van der Waals surface area contributed by atoms with Gasteiger partial charge in [0.25, 0.3) is 0 Å². The quantitative estimate of drug-likeness (QED) is 0.271. The van der Waals surface area contributed by atoms with Crippen LogP contribution in [0.3, 0.4) is 0 Å². The highest BCUT2D eigenvalue weighted by Crippen LogP contribution is 2.35. The molecule has 0 saturated heterocycles. The van der Waals surface area contributed by atoms with Gasteiger partial charge >= 0.3 is 5.97 Å². The molecule has 0 spiro atoms. The molecule has 0 aliphatic rings. The molecule has 0 saturated carbocycles. The van der Waals surface area contributed by atoms with Crippen LogP contribution >= 0.6 is 35.2 Å². The number of nitrogens with two attached hydrogens (primary N) is 2. The van der Waals surface area contributed by atoms with Crippen molar-refractivity contribution >= 4 is 62.5 Å². The van der Waals surface area contributed by atoms with Crippen LogP contribution in [-0.2, 0) is 0 Å². The molecule has 0 unspecified atom stereocenters. The Bertz CT molecular complexity index is 937.